The first-order chi connectivity index (χ1) is 6.35. The third kappa shape index (κ3) is 1.69. The van der Waals surface area contributed by atoms with Gasteiger partial charge in [-0.25, -0.2) is 4.68 Å². The minimum atomic E-state index is 0.755. The van der Waals surface area contributed by atoms with Crippen molar-refractivity contribution in [3.8, 4) is 0 Å². The van der Waals surface area contributed by atoms with Gasteiger partial charge in [-0.05, 0) is 26.7 Å². The zero-order valence-corrected chi connectivity index (χ0v) is 8.38. The van der Waals surface area contributed by atoms with Crippen molar-refractivity contribution in [1.82, 2.24) is 9.78 Å². The molecule has 0 radical (unpaired) electrons. The molecule has 0 aliphatic heterocycles. The van der Waals surface area contributed by atoms with Crippen molar-refractivity contribution in [2.45, 2.75) is 39.2 Å². The van der Waals surface area contributed by atoms with Crippen molar-refractivity contribution in [2.24, 2.45) is 0 Å². The first kappa shape index (κ1) is 8.60. The summed E-state index contributed by atoms with van der Waals surface area (Å²) in [4.78, 5) is 0. The molecule has 0 atom stereocenters. The van der Waals surface area contributed by atoms with E-state index < -0.39 is 0 Å². The van der Waals surface area contributed by atoms with E-state index in [2.05, 4.69) is 35.0 Å². The van der Waals surface area contributed by atoms with Gasteiger partial charge in [-0.3, -0.25) is 0 Å². The second-order valence-corrected chi connectivity index (χ2v) is 3.57. The molecule has 0 amide bonds. The summed E-state index contributed by atoms with van der Waals surface area (Å²) in [5, 5.41) is 7.89. The van der Waals surface area contributed by atoms with E-state index in [1.807, 2.05) is 0 Å². The quantitative estimate of drug-likeness (QED) is 0.768. The van der Waals surface area contributed by atoms with Gasteiger partial charge in [0.2, 0.25) is 0 Å². The highest BCUT2D eigenvalue weighted by Gasteiger charge is 2.26. The molecule has 3 heteroatoms. The van der Waals surface area contributed by atoms with Gasteiger partial charge < -0.3 is 5.32 Å². The molecule has 13 heavy (non-hydrogen) atoms. The van der Waals surface area contributed by atoms with E-state index in [4.69, 9.17) is 0 Å². The predicted molar refractivity (Wildman–Crippen MR) is 54.0 cm³/mol. The van der Waals surface area contributed by atoms with E-state index in [0.29, 0.717) is 0 Å². The lowest BCUT2D eigenvalue weighted by Gasteiger charge is -2.03. The lowest BCUT2D eigenvalue weighted by Crippen LogP contribution is -2.05. The van der Waals surface area contributed by atoms with Crippen LogP contribution in [0.1, 0.15) is 38.3 Å². The van der Waals surface area contributed by atoms with Gasteiger partial charge >= 0.3 is 0 Å². The van der Waals surface area contributed by atoms with E-state index in [1.54, 1.807) is 0 Å². The Kier molecular flexibility index (Phi) is 2.25. The first-order valence-corrected chi connectivity index (χ1v) is 5.16. The zero-order chi connectivity index (χ0) is 9.26. The molecule has 1 aliphatic carbocycles. The number of hydrogen-bond acceptors (Lipinski definition) is 2. The van der Waals surface area contributed by atoms with Crippen LogP contribution >= 0.6 is 0 Å². The van der Waals surface area contributed by atoms with Crippen molar-refractivity contribution < 1.29 is 0 Å². The molecule has 0 unspecified atom stereocenters. The fraction of sp³-hybridized carbons (Fsp3) is 0.700. The molecule has 1 aromatic rings. The Morgan fingerprint density at radius 1 is 1.54 bits per heavy atom. The largest absolute Gasteiger partial charge is 0.371 e. The van der Waals surface area contributed by atoms with Crippen molar-refractivity contribution >= 4 is 5.82 Å². The van der Waals surface area contributed by atoms with Crippen LogP contribution in [0.4, 0.5) is 5.82 Å². The summed E-state index contributed by atoms with van der Waals surface area (Å²) < 4.78 is 2.05. The smallest absolute Gasteiger partial charge is 0.124 e. The molecule has 1 aromatic heterocycles. The molecule has 1 fully saturated rings. The van der Waals surface area contributed by atoms with Crippen LogP contribution in [0.5, 0.6) is 0 Å². The Bertz CT molecular complexity index is 286. The van der Waals surface area contributed by atoms with Crippen LogP contribution in [0.3, 0.4) is 0 Å². The Morgan fingerprint density at radius 3 is 2.85 bits per heavy atom. The van der Waals surface area contributed by atoms with E-state index in [1.165, 1.54) is 24.4 Å². The molecule has 1 N–H and O–H groups in total. The summed E-state index contributed by atoms with van der Waals surface area (Å²) in [7, 11) is 0. The predicted octanol–water partition coefficient (Wildman–Crippen LogP) is 2.21. The minimum absolute atomic E-state index is 0.755. The molecule has 0 spiro atoms. The minimum Gasteiger partial charge on any atom is -0.371 e. The van der Waals surface area contributed by atoms with Gasteiger partial charge in [-0.15, -0.1) is 0 Å². The normalized spacial score (nSPS) is 16.2. The van der Waals surface area contributed by atoms with Crippen LogP contribution in [-0.4, -0.2) is 16.3 Å². The number of aromatic nitrogens is 2. The molecule has 3 nitrogen and oxygen atoms in total. The molecular formula is C10H17N3. The standard InChI is InChI=1S/C10H17N3/c1-3-11-10-7-9(8-5-6-8)12-13(10)4-2/h7-8,11H,3-6H2,1-2H3. The molecule has 1 saturated carbocycles. The second-order valence-electron chi connectivity index (χ2n) is 3.57. The fourth-order valence-electron chi connectivity index (χ4n) is 1.58. The third-order valence-electron chi connectivity index (χ3n) is 2.45. The van der Waals surface area contributed by atoms with Crippen LogP contribution in [0.25, 0.3) is 0 Å². The summed E-state index contributed by atoms with van der Waals surface area (Å²) in [6.45, 7) is 6.17. The number of rotatable bonds is 4. The molecule has 0 saturated heterocycles. The van der Waals surface area contributed by atoms with Crippen molar-refractivity contribution in [3.05, 3.63) is 11.8 Å². The summed E-state index contributed by atoms with van der Waals surface area (Å²) in [5.41, 5.74) is 1.28. The van der Waals surface area contributed by atoms with Crippen LogP contribution < -0.4 is 5.32 Å². The van der Waals surface area contributed by atoms with Crippen LogP contribution in [0, 0.1) is 0 Å². The monoisotopic (exact) mass is 179 g/mol. The first-order valence-electron chi connectivity index (χ1n) is 5.16. The lowest BCUT2D eigenvalue weighted by molar-refractivity contribution is 0.652. The van der Waals surface area contributed by atoms with Crippen LogP contribution in [-0.2, 0) is 6.54 Å². The lowest BCUT2D eigenvalue weighted by atomic mass is 10.3. The summed E-state index contributed by atoms with van der Waals surface area (Å²) in [6, 6.07) is 2.20. The van der Waals surface area contributed by atoms with Crippen molar-refractivity contribution in [1.29, 1.82) is 0 Å². The molecule has 1 aliphatic rings. The van der Waals surface area contributed by atoms with Crippen LogP contribution in [0.2, 0.25) is 0 Å². The highest BCUT2D eigenvalue weighted by molar-refractivity contribution is 5.39. The maximum atomic E-state index is 4.56. The maximum Gasteiger partial charge on any atom is 0.124 e. The van der Waals surface area contributed by atoms with E-state index in [9.17, 15) is 0 Å². The molecule has 2 rings (SSSR count). The van der Waals surface area contributed by atoms with Crippen molar-refractivity contribution in [3.63, 3.8) is 0 Å². The van der Waals surface area contributed by atoms with Gasteiger partial charge in [0.15, 0.2) is 0 Å². The number of hydrogen-bond donors (Lipinski definition) is 1. The number of anilines is 1. The second kappa shape index (κ2) is 3.40. The van der Waals surface area contributed by atoms with E-state index in [0.717, 1.165) is 19.0 Å². The fourth-order valence-corrected chi connectivity index (χ4v) is 1.58. The average Bonchev–Trinajstić information content (AvgIpc) is 2.90. The summed E-state index contributed by atoms with van der Waals surface area (Å²) >= 11 is 0. The van der Waals surface area contributed by atoms with Gasteiger partial charge in [0.1, 0.15) is 5.82 Å². The Balaban J connectivity index is 2.20. The average molecular weight is 179 g/mol. The zero-order valence-electron chi connectivity index (χ0n) is 8.38. The van der Waals surface area contributed by atoms with Crippen molar-refractivity contribution in [2.75, 3.05) is 11.9 Å². The number of aryl methyl sites for hydroxylation is 1. The van der Waals surface area contributed by atoms with Crippen LogP contribution in [0.15, 0.2) is 6.07 Å². The van der Waals surface area contributed by atoms with E-state index >= 15 is 0 Å². The molecule has 1 heterocycles. The molecule has 0 bridgehead atoms. The Labute approximate surface area is 79.1 Å². The van der Waals surface area contributed by atoms with Gasteiger partial charge in [0.05, 0.1) is 5.69 Å². The van der Waals surface area contributed by atoms with E-state index in [-0.39, 0.29) is 0 Å². The maximum absolute atomic E-state index is 4.56. The molecule has 0 aromatic carbocycles. The van der Waals surface area contributed by atoms with Gasteiger partial charge in [-0.1, -0.05) is 0 Å². The summed E-state index contributed by atoms with van der Waals surface area (Å²) in [6.07, 6.45) is 2.65. The number of nitrogens with one attached hydrogen (secondary N) is 1. The molecule has 72 valence electrons. The topological polar surface area (TPSA) is 29.9 Å². The Hall–Kier alpha value is -0.990. The molecular weight excluding hydrogens is 162 g/mol. The SMILES string of the molecule is CCNc1cc(C2CC2)nn1CC. The van der Waals surface area contributed by atoms with Gasteiger partial charge in [0, 0.05) is 25.1 Å². The summed E-state index contributed by atoms with van der Waals surface area (Å²) in [5.74, 6) is 1.93. The van der Waals surface area contributed by atoms with Gasteiger partial charge in [-0.2, -0.15) is 5.10 Å². The number of nitrogens with zero attached hydrogens (tertiary/aromatic N) is 2. The highest BCUT2D eigenvalue weighted by Crippen LogP contribution is 2.39. The Morgan fingerprint density at radius 2 is 2.31 bits per heavy atom. The van der Waals surface area contributed by atoms with Gasteiger partial charge in [0.25, 0.3) is 0 Å². The third-order valence-corrected chi connectivity index (χ3v) is 2.45. The highest BCUT2D eigenvalue weighted by atomic mass is 15.3.